The fraction of sp³-hybridized carbons (Fsp3) is 0.318. The number of nitriles is 1. The third kappa shape index (κ3) is 3.65. The first-order valence-electron chi connectivity index (χ1n) is 10.2. The number of aromatic nitrogens is 2. The molecule has 1 aromatic carbocycles. The number of pyridine rings is 1. The monoisotopic (exact) mass is 453 g/mol. The van der Waals surface area contributed by atoms with Gasteiger partial charge in [0.2, 0.25) is 0 Å². The molecule has 1 aliphatic heterocycles. The average Bonchev–Trinajstić information content (AvgIpc) is 3.40. The van der Waals surface area contributed by atoms with Gasteiger partial charge in [-0.3, -0.25) is 0 Å². The third-order valence-electron chi connectivity index (χ3n) is 5.92. The van der Waals surface area contributed by atoms with Crippen molar-refractivity contribution in [2.24, 2.45) is 11.8 Å². The van der Waals surface area contributed by atoms with Gasteiger partial charge in [0, 0.05) is 42.8 Å². The van der Waals surface area contributed by atoms with Crippen molar-refractivity contribution >= 4 is 32.8 Å². The second-order valence-electron chi connectivity index (χ2n) is 8.17. The molecule has 0 aliphatic carbocycles. The number of hydrogen-bond donors (Lipinski definition) is 2. The van der Waals surface area contributed by atoms with Crippen molar-refractivity contribution in [3.05, 3.63) is 54.4 Å². The standard InChI is InChI=1S/C22H23N5O4S/c1-14(2)18-12-26(22(28)29)13-19(18)25-20-15(10-23)11-24-21-17(20)8-9-27(21)32(30,31)16-6-4-3-5-7-16/h3-9,11,14,18-19H,12-13H2,1-2H3,(H,24,25)(H,28,29). The number of amides is 1. The minimum atomic E-state index is -3.87. The van der Waals surface area contributed by atoms with Gasteiger partial charge in [0.25, 0.3) is 10.0 Å². The molecule has 9 nitrogen and oxygen atoms in total. The summed E-state index contributed by atoms with van der Waals surface area (Å²) in [6, 6.07) is 11.5. The molecule has 0 saturated carbocycles. The third-order valence-corrected chi connectivity index (χ3v) is 7.60. The largest absolute Gasteiger partial charge is 0.465 e. The van der Waals surface area contributed by atoms with Gasteiger partial charge >= 0.3 is 6.09 Å². The van der Waals surface area contributed by atoms with Crippen LogP contribution in [0.1, 0.15) is 19.4 Å². The topological polar surface area (TPSA) is 128 Å². The van der Waals surface area contributed by atoms with Gasteiger partial charge in [-0.25, -0.2) is 22.2 Å². The van der Waals surface area contributed by atoms with Crippen molar-refractivity contribution in [3.8, 4) is 6.07 Å². The molecule has 0 spiro atoms. The lowest BCUT2D eigenvalue weighted by molar-refractivity contribution is 0.153. The molecule has 0 bridgehead atoms. The van der Waals surface area contributed by atoms with E-state index in [-0.39, 0.29) is 40.5 Å². The molecular weight excluding hydrogens is 430 g/mol. The van der Waals surface area contributed by atoms with Gasteiger partial charge in [0.15, 0.2) is 5.65 Å². The van der Waals surface area contributed by atoms with Gasteiger partial charge in [0.05, 0.1) is 16.1 Å². The highest BCUT2D eigenvalue weighted by atomic mass is 32.2. The number of anilines is 1. The van der Waals surface area contributed by atoms with E-state index in [1.54, 1.807) is 24.3 Å². The Hall–Kier alpha value is -3.58. The Bertz CT molecular complexity index is 1310. The predicted octanol–water partition coefficient (Wildman–Crippen LogP) is 3.19. The highest BCUT2D eigenvalue weighted by Crippen LogP contribution is 2.33. The van der Waals surface area contributed by atoms with E-state index in [4.69, 9.17) is 0 Å². The molecule has 2 N–H and O–H groups in total. The van der Waals surface area contributed by atoms with Gasteiger partial charge in [-0.2, -0.15) is 5.26 Å². The summed E-state index contributed by atoms with van der Waals surface area (Å²) in [5, 5.41) is 22.9. The zero-order chi connectivity index (χ0) is 23.0. The van der Waals surface area contributed by atoms with Crippen LogP contribution < -0.4 is 5.32 Å². The van der Waals surface area contributed by atoms with Crippen molar-refractivity contribution in [1.29, 1.82) is 5.26 Å². The first kappa shape index (κ1) is 21.6. The van der Waals surface area contributed by atoms with Crippen molar-refractivity contribution in [3.63, 3.8) is 0 Å². The Kier molecular flexibility index (Phi) is 5.52. The maximum atomic E-state index is 13.1. The fourth-order valence-electron chi connectivity index (χ4n) is 4.20. The average molecular weight is 454 g/mol. The fourth-order valence-corrected chi connectivity index (χ4v) is 5.52. The van der Waals surface area contributed by atoms with Crippen LogP contribution in [-0.2, 0) is 10.0 Å². The molecule has 166 valence electrons. The number of hydrogen-bond acceptors (Lipinski definition) is 6. The summed E-state index contributed by atoms with van der Waals surface area (Å²) in [7, 11) is -3.87. The molecule has 10 heteroatoms. The van der Waals surface area contributed by atoms with E-state index < -0.39 is 16.1 Å². The first-order valence-corrected chi connectivity index (χ1v) is 11.6. The Morgan fingerprint density at radius 1 is 1.25 bits per heavy atom. The van der Waals surface area contributed by atoms with Gasteiger partial charge in [0.1, 0.15) is 6.07 Å². The normalized spacial score (nSPS) is 18.8. The van der Waals surface area contributed by atoms with E-state index >= 15 is 0 Å². The number of nitrogens with one attached hydrogen (secondary N) is 1. The van der Waals surface area contributed by atoms with Crippen LogP contribution in [0.15, 0.2) is 53.7 Å². The number of likely N-dealkylation sites (tertiary alicyclic amines) is 1. The summed E-state index contributed by atoms with van der Waals surface area (Å²) in [4.78, 5) is 17.3. The van der Waals surface area contributed by atoms with Crippen LogP contribution in [0.25, 0.3) is 11.0 Å². The van der Waals surface area contributed by atoms with Crippen LogP contribution in [0.3, 0.4) is 0 Å². The molecule has 1 amide bonds. The minimum absolute atomic E-state index is 0.0380. The molecule has 3 aromatic rings. The lowest BCUT2D eigenvalue weighted by Crippen LogP contribution is -2.32. The number of benzene rings is 1. The second kappa shape index (κ2) is 8.16. The van der Waals surface area contributed by atoms with Crippen LogP contribution in [-0.4, -0.2) is 52.6 Å². The Labute approximate surface area is 186 Å². The molecule has 4 rings (SSSR count). The number of fused-ring (bicyclic) bond motifs is 1. The zero-order valence-corrected chi connectivity index (χ0v) is 18.5. The second-order valence-corrected chi connectivity index (χ2v) is 9.99. The Morgan fingerprint density at radius 3 is 2.59 bits per heavy atom. The van der Waals surface area contributed by atoms with E-state index in [9.17, 15) is 23.6 Å². The summed E-state index contributed by atoms with van der Waals surface area (Å²) in [6.07, 6.45) is 1.78. The van der Waals surface area contributed by atoms with E-state index in [1.807, 2.05) is 13.8 Å². The van der Waals surface area contributed by atoms with Crippen molar-refractivity contribution in [1.82, 2.24) is 13.9 Å². The van der Waals surface area contributed by atoms with Crippen molar-refractivity contribution in [2.75, 3.05) is 18.4 Å². The van der Waals surface area contributed by atoms with Gasteiger partial charge in [-0.1, -0.05) is 32.0 Å². The maximum Gasteiger partial charge on any atom is 0.407 e. The molecule has 3 heterocycles. The van der Waals surface area contributed by atoms with E-state index in [0.29, 0.717) is 17.6 Å². The number of carboxylic acid groups (broad SMARTS) is 1. The van der Waals surface area contributed by atoms with Gasteiger partial charge in [-0.05, 0) is 24.1 Å². The van der Waals surface area contributed by atoms with Crippen molar-refractivity contribution in [2.45, 2.75) is 24.8 Å². The summed E-state index contributed by atoms with van der Waals surface area (Å²) >= 11 is 0. The molecular formula is C22H23N5O4S. The van der Waals surface area contributed by atoms with E-state index in [0.717, 1.165) is 3.97 Å². The predicted molar refractivity (Wildman–Crippen MR) is 119 cm³/mol. The lowest BCUT2D eigenvalue weighted by Gasteiger charge is -2.24. The van der Waals surface area contributed by atoms with Gasteiger partial charge < -0.3 is 15.3 Å². The van der Waals surface area contributed by atoms with Crippen LogP contribution in [0.4, 0.5) is 10.5 Å². The SMILES string of the molecule is CC(C)C1CN(C(=O)O)CC1Nc1c(C#N)cnc2c1ccn2S(=O)(=O)c1ccccc1. The van der Waals surface area contributed by atoms with Crippen LogP contribution in [0.2, 0.25) is 0 Å². The smallest absolute Gasteiger partial charge is 0.407 e. The van der Waals surface area contributed by atoms with Crippen LogP contribution in [0.5, 0.6) is 0 Å². The first-order chi connectivity index (χ1) is 15.2. The molecule has 1 aliphatic rings. The Balaban J connectivity index is 1.79. The summed E-state index contributed by atoms with van der Waals surface area (Å²) in [5.41, 5.74) is 0.926. The Morgan fingerprint density at radius 2 is 1.97 bits per heavy atom. The van der Waals surface area contributed by atoms with Gasteiger partial charge in [-0.15, -0.1) is 0 Å². The zero-order valence-electron chi connectivity index (χ0n) is 17.6. The molecule has 1 saturated heterocycles. The number of carbonyl (C=O) groups is 1. The summed E-state index contributed by atoms with van der Waals surface area (Å²) in [6.45, 7) is 4.72. The molecule has 2 unspecified atom stereocenters. The minimum Gasteiger partial charge on any atom is -0.465 e. The highest BCUT2D eigenvalue weighted by molar-refractivity contribution is 7.90. The number of rotatable bonds is 5. The molecule has 0 radical (unpaired) electrons. The maximum absolute atomic E-state index is 13.1. The van der Waals surface area contributed by atoms with Crippen LogP contribution >= 0.6 is 0 Å². The molecule has 1 fully saturated rings. The quantitative estimate of drug-likeness (QED) is 0.607. The van der Waals surface area contributed by atoms with Crippen LogP contribution in [0, 0.1) is 23.2 Å². The van der Waals surface area contributed by atoms with E-state index in [1.165, 1.54) is 29.4 Å². The lowest BCUT2D eigenvalue weighted by atomic mass is 9.91. The molecule has 2 aromatic heterocycles. The number of nitrogens with zero attached hydrogens (tertiary/aromatic N) is 4. The summed E-state index contributed by atoms with van der Waals surface area (Å²) < 4.78 is 27.4. The highest BCUT2D eigenvalue weighted by Gasteiger charge is 2.37. The van der Waals surface area contributed by atoms with E-state index in [2.05, 4.69) is 16.4 Å². The molecule has 32 heavy (non-hydrogen) atoms. The molecule has 2 atom stereocenters. The van der Waals surface area contributed by atoms with Crippen molar-refractivity contribution < 1.29 is 18.3 Å². The summed E-state index contributed by atoms with van der Waals surface area (Å²) in [5.74, 6) is 0.249.